The van der Waals surface area contributed by atoms with Gasteiger partial charge in [0.05, 0.1) is 17.3 Å². The Morgan fingerprint density at radius 3 is 3.00 bits per heavy atom. The molecule has 0 spiro atoms. The Morgan fingerprint density at radius 1 is 1.67 bits per heavy atom. The van der Waals surface area contributed by atoms with Crippen LogP contribution in [0.1, 0.15) is 13.3 Å². The normalized spacial score (nSPS) is 9.80. The lowest BCUT2D eigenvalue weighted by molar-refractivity contribution is 0.307. The molecule has 0 aliphatic heterocycles. The molecule has 1 heterocycles. The summed E-state index contributed by atoms with van der Waals surface area (Å²) in [6, 6.07) is 0. The average Bonchev–Trinajstić information content (AvgIpc) is 2.20. The van der Waals surface area contributed by atoms with E-state index in [0.29, 0.717) is 18.4 Å². The van der Waals surface area contributed by atoms with Crippen LogP contribution >= 0.6 is 15.9 Å². The predicted octanol–water partition coefficient (Wildman–Crippen LogP) is 2.63. The van der Waals surface area contributed by atoms with Crippen molar-refractivity contribution in [2.24, 2.45) is 0 Å². The lowest BCUT2D eigenvalue weighted by Gasteiger charge is -2.07. The molecule has 1 aromatic rings. The molecule has 82 valence electrons. The van der Waals surface area contributed by atoms with E-state index in [9.17, 15) is 0 Å². The smallest absolute Gasteiger partial charge is 0.232 e. The summed E-state index contributed by atoms with van der Waals surface area (Å²) < 4.78 is 6.24. The van der Waals surface area contributed by atoms with Crippen LogP contribution in [0.25, 0.3) is 0 Å². The molecule has 0 aliphatic rings. The summed E-state index contributed by atoms with van der Waals surface area (Å²) in [6.45, 7) is 6.35. The molecule has 0 atom stereocenters. The standard InChI is InChI=1S/C10H14BrN3O/c1-7(2)4-5-15-9-8(11)6-13-10(12-3)14-9/h6H,1,4-5H2,2-3H3,(H,12,13,14). The summed E-state index contributed by atoms with van der Waals surface area (Å²) in [4.78, 5) is 8.20. The van der Waals surface area contributed by atoms with Gasteiger partial charge in [-0.15, -0.1) is 6.58 Å². The van der Waals surface area contributed by atoms with Crippen LogP contribution < -0.4 is 10.1 Å². The van der Waals surface area contributed by atoms with Crippen LogP contribution in [0.2, 0.25) is 0 Å². The zero-order valence-electron chi connectivity index (χ0n) is 8.88. The molecule has 0 radical (unpaired) electrons. The van der Waals surface area contributed by atoms with E-state index in [1.165, 1.54) is 0 Å². The molecule has 0 aromatic carbocycles. The molecular weight excluding hydrogens is 258 g/mol. The second kappa shape index (κ2) is 5.70. The van der Waals surface area contributed by atoms with Gasteiger partial charge in [-0.2, -0.15) is 4.98 Å². The molecule has 0 fully saturated rings. The van der Waals surface area contributed by atoms with Crippen molar-refractivity contribution in [1.82, 2.24) is 9.97 Å². The zero-order valence-corrected chi connectivity index (χ0v) is 10.5. The van der Waals surface area contributed by atoms with Gasteiger partial charge in [-0.25, -0.2) is 4.98 Å². The number of hydrogen-bond donors (Lipinski definition) is 1. The van der Waals surface area contributed by atoms with Crippen LogP contribution in [0.5, 0.6) is 5.88 Å². The third-order valence-corrected chi connectivity index (χ3v) is 2.25. The monoisotopic (exact) mass is 271 g/mol. The molecule has 15 heavy (non-hydrogen) atoms. The highest BCUT2D eigenvalue weighted by molar-refractivity contribution is 9.10. The Morgan fingerprint density at radius 2 is 2.40 bits per heavy atom. The minimum absolute atomic E-state index is 0.545. The van der Waals surface area contributed by atoms with Crippen LogP contribution in [0.4, 0.5) is 5.95 Å². The Labute approximate surface area is 97.9 Å². The van der Waals surface area contributed by atoms with Crippen molar-refractivity contribution in [3.05, 3.63) is 22.8 Å². The fraction of sp³-hybridized carbons (Fsp3) is 0.400. The van der Waals surface area contributed by atoms with Gasteiger partial charge in [-0.1, -0.05) is 5.57 Å². The van der Waals surface area contributed by atoms with E-state index in [0.717, 1.165) is 16.5 Å². The zero-order chi connectivity index (χ0) is 11.3. The second-order valence-electron chi connectivity index (χ2n) is 3.15. The van der Waals surface area contributed by atoms with E-state index in [-0.39, 0.29) is 0 Å². The summed E-state index contributed by atoms with van der Waals surface area (Å²) >= 11 is 3.33. The maximum absolute atomic E-state index is 5.49. The molecule has 0 aliphatic carbocycles. The Kier molecular flexibility index (Phi) is 4.55. The topological polar surface area (TPSA) is 47.0 Å². The Bertz CT molecular complexity index is 355. The first kappa shape index (κ1) is 12.0. The summed E-state index contributed by atoms with van der Waals surface area (Å²) in [5, 5.41) is 2.85. The Balaban J connectivity index is 2.62. The molecule has 1 rings (SSSR count). The number of nitrogens with zero attached hydrogens (tertiary/aromatic N) is 2. The van der Waals surface area contributed by atoms with Gasteiger partial charge in [-0.3, -0.25) is 0 Å². The van der Waals surface area contributed by atoms with E-state index in [1.54, 1.807) is 13.2 Å². The van der Waals surface area contributed by atoms with E-state index in [2.05, 4.69) is 37.8 Å². The maximum Gasteiger partial charge on any atom is 0.232 e. The van der Waals surface area contributed by atoms with Crippen molar-refractivity contribution >= 4 is 21.9 Å². The van der Waals surface area contributed by atoms with Gasteiger partial charge >= 0.3 is 0 Å². The number of aromatic nitrogens is 2. The van der Waals surface area contributed by atoms with Gasteiger partial charge < -0.3 is 10.1 Å². The van der Waals surface area contributed by atoms with Gasteiger partial charge in [0.15, 0.2) is 0 Å². The molecule has 5 heteroatoms. The maximum atomic E-state index is 5.49. The molecule has 1 N–H and O–H groups in total. The molecule has 0 saturated carbocycles. The van der Waals surface area contributed by atoms with Gasteiger partial charge in [0.25, 0.3) is 0 Å². The number of ether oxygens (including phenoxy) is 1. The van der Waals surface area contributed by atoms with Crippen molar-refractivity contribution in [3.8, 4) is 5.88 Å². The molecule has 0 amide bonds. The van der Waals surface area contributed by atoms with Crippen LogP contribution in [-0.2, 0) is 0 Å². The predicted molar refractivity (Wildman–Crippen MR) is 64.2 cm³/mol. The number of anilines is 1. The third-order valence-electron chi connectivity index (χ3n) is 1.70. The van der Waals surface area contributed by atoms with Gasteiger partial charge in [0, 0.05) is 13.5 Å². The van der Waals surface area contributed by atoms with E-state index < -0.39 is 0 Å². The fourth-order valence-corrected chi connectivity index (χ4v) is 1.20. The molecule has 0 unspecified atom stereocenters. The third kappa shape index (κ3) is 3.87. The van der Waals surface area contributed by atoms with Gasteiger partial charge in [0.1, 0.15) is 0 Å². The van der Waals surface area contributed by atoms with Gasteiger partial charge in [-0.05, 0) is 22.9 Å². The minimum atomic E-state index is 0.545. The summed E-state index contributed by atoms with van der Waals surface area (Å²) in [6.07, 6.45) is 2.49. The molecule has 0 saturated heterocycles. The highest BCUT2D eigenvalue weighted by atomic mass is 79.9. The minimum Gasteiger partial charge on any atom is -0.476 e. The molecule has 4 nitrogen and oxygen atoms in total. The van der Waals surface area contributed by atoms with Crippen LogP contribution in [0.3, 0.4) is 0 Å². The van der Waals surface area contributed by atoms with Crippen molar-refractivity contribution in [2.45, 2.75) is 13.3 Å². The summed E-state index contributed by atoms with van der Waals surface area (Å²) in [5.74, 6) is 1.10. The van der Waals surface area contributed by atoms with Crippen LogP contribution in [0.15, 0.2) is 22.8 Å². The summed E-state index contributed by atoms with van der Waals surface area (Å²) in [5.41, 5.74) is 1.09. The molecular formula is C10H14BrN3O. The first-order valence-corrected chi connectivity index (χ1v) is 5.40. The molecule has 1 aromatic heterocycles. The first-order valence-electron chi connectivity index (χ1n) is 4.61. The van der Waals surface area contributed by atoms with Crippen molar-refractivity contribution in [1.29, 1.82) is 0 Å². The number of halogens is 1. The SMILES string of the molecule is C=C(C)CCOc1nc(NC)ncc1Br. The van der Waals surface area contributed by atoms with Crippen LogP contribution in [0, 0.1) is 0 Å². The van der Waals surface area contributed by atoms with E-state index in [1.807, 2.05) is 6.92 Å². The largest absolute Gasteiger partial charge is 0.476 e. The number of rotatable bonds is 5. The average molecular weight is 272 g/mol. The van der Waals surface area contributed by atoms with E-state index in [4.69, 9.17) is 4.74 Å². The lowest BCUT2D eigenvalue weighted by atomic mass is 10.3. The quantitative estimate of drug-likeness (QED) is 0.837. The van der Waals surface area contributed by atoms with E-state index >= 15 is 0 Å². The highest BCUT2D eigenvalue weighted by Gasteiger charge is 2.04. The van der Waals surface area contributed by atoms with Gasteiger partial charge in [0.2, 0.25) is 11.8 Å². The molecule has 0 bridgehead atoms. The van der Waals surface area contributed by atoms with Crippen molar-refractivity contribution in [2.75, 3.05) is 19.0 Å². The number of hydrogen-bond acceptors (Lipinski definition) is 4. The fourth-order valence-electron chi connectivity index (χ4n) is 0.895. The Hall–Kier alpha value is -1.10. The first-order chi connectivity index (χ1) is 7.13. The lowest BCUT2D eigenvalue weighted by Crippen LogP contribution is -2.03. The van der Waals surface area contributed by atoms with Crippen molar-refractivity contribution in [3.63, 3.8) is 0 Å². The highest BCUT2D eigenvalue weighted by Crippen LogP contribution is 2.22. The second-order valence-corrected chi connectivity index (χ2v) is 4.01. The van der Waals surface area contributed by atoms with Crippen LogP contribution in [-0.4, -0.2) is 23.6 Å². The van der Waals surface area contributed by atoms with Crippen molar-refractivity contribution < 1.29 is 4.74 Å². The number of nitrogens with one attached hydrogen (secondary N) is 1. The summed E-state index contributed by atoms with van der Waals surface area (Å²) in [7, 11) is 1.76.